The summed E-state index contributed by atoms with van der Waals surface area (Å²) >= 11 is 0. The van der Waals surface area contributed by atoms with Crippen LogP contribution in [0.3, 0.4) is 0 Å². The van der Waals surface area contributed by atoms with Crippen LogP contribution in [0, 0.1) is 10.8 Å². The predicted octanol–water partition coefficient (Wildman–Crippen LogP) is 1.13. The Morgan fingerprint density at radius 1 is 0.577 bits per heavy atom. The smallest absolute Gasteiger partial charge is 0.326 e. The van der Waals surface area contributed by atoms with E-state index in [-0.39, 0.29) is 76.4 Å². The van der Waals surface area contributed by atoms with Crippen molar-refractivity contribution in [2.24, 2.45) is 10.8 Å². The Balaban J connectivity index is 3.89. The van der Waals surface area contributed by atoms with Gasteiger partial charge >= 0.3 is 11.9 Å². The molecule has 0 aliphatic heterocycles. The first-order valence-electron chi connectivity index (χ1n) is 18.0. The highest BCUT2D eigenvalue weighted by Crippen LogP contribution is 2.35. The molecule has 17 heteroatoms. The fourth-order valence-corrected chi connectivity index (χ4v) is 4.73. The number of amides is 5. The first-order valence-corrected chi connectivity index (χ1v) is 18.0. The number of aliphatic carboxylic acids is 2. The Bertz CT molecular complexity index is 1120. The highest BCUT2D eigenvalue weighted by molar-refractivity contribution is 5.84. The van der Waals surface area contributed by atoms with E-state index < -0.39 is 40.6 Å². The molecule has 5 amide bonds. The van der Waals surface area contributed by atoms with Crippen molar-refractivity contribution in [3.63, 3.8) is 0 Å². The van der Waals surface area contributed by atoms with Crippen molar-refractivity contribution >= 4 is 41.5 Å². The summed E-state index contributed by atoms with van der Waals surface area (Å²) in [4.78, 5) is 82.3. The molecule has 17 nitrogen and oxygen atoms in total. The summed E-state index contributed by atoms with van der Waals surface area (Å²) in [7, 11) is 0. The number of carboxylic acids is 2. The second-order valence-electron chi connectivity index (χ2n) is 14.1. The molecule has 0 saturated carbocycles. The number of hydrogen-bond acceptors (Lipinski definition) is 10. The Hall–Kier alpha value is -3.83. The van der Waals surface area contributed by atoms with E-state index in [2.05, 4.69) is 26.6 Å². The van der Waals surface area contributed by atoms with Gasteiger partial charge in [0.05, 0.1) is 32.8 Å². The van der Waals surface area contributed by atoms with Gasteiger partial charge < -0.3 is 51.0 Å². The third-order valence-corrected chi connectivity index (χ3v) is 7.82. The van der Waals surface area contributed by atoms with Crippen molar-refractivity contribution in [3.05, 3.63) is 0 Å². The van der Waals surface area contributed by atoms with Crippen LogP contribution in [0.2, 0.25) is 0 Å². The van der Waals surface area contributed by atoms with Gasteiger partial charge in [0.15, 0.2) is 0 Å². The molecule has 0 bridgehead atoms. The van der Waals surface area contributed by atoms with Crippen LogP contribution in [0.25, 0.3) is 0 Å². The normalized spacial score (nSPS) is 12.0. The summed E-state index contributed by atoms with van der Waals surface area (Å²) in [5, 5.41) is 31.8. The molecule has 0 aliphatic rings. The predicted molar refractivity (Wildman–Crippen MR) is 191 cm³/mol. The number of hydrogen-bond donors (Lipinski definition) is 7. The summed E-state index contributed by atoms with van der Waals surface area (Å²) < 4.78 is 16.1. The molecule has 0 aromatic carbocycles. The zero-order valence-electron chi connectivity index (χ0n) is 31.7. The van der Waals surface area contributed by atoms with Crippen molar-refractivity contribution in [1.82, 2.24) is 26.6 Å². The number of carbonyl (C=O) groups is 7. The van der Waals surface area contributed by atoms with Crippen LogP contribution in [0.1, 0.15) is 98.8 Å². The molecule has 1 unspecified atom stereocenters. The topological polar surface area (TPSA) is 248 Å². The fraction of sp³-hybridized carbons (Fsp3) is 0.800. The monoisotopic (exact) mass is 745 g/mol. The zero-order chi connectivity index (χ0) is 39.4. The van der Waals surface area contributed by atoms with E-state index in [4.69, 9.17) is 19.3 Å². The van der Waals surface area contributed by atoms with E-state index in [0.29, 0.717) is 71.4 Å². The highest BCUT2D eigenvalue weighted by Gasteiger charge is 2.30. The molecular formula is C35H63N5O12. The summed E-state index contributed by atoms with van der Waals surface area (Å²) in [5.41, 5.74) is -0.911. The molecule has 0 aliphatic carbocycles. The molecule has 0 fully saturated rings. The van der Waals surface area contributed by atoms with Gasteiger partial charge in [-0.1, -0.05) is 34.6 Å². The number of carboxylic acid groups (broad SMARTS) is 2. The van der Waals surface area contributed by atoms with Gasteiger partial charge in [-0.3, -0.25) is 28.8 Å². The van der Waals surface area contributed by atoms with Crippen LogP contribution in [-0.4, -0.2) is 124 Å². The maximum absolute atomic E-state index is 12.6. The van der Waals surface area contributed by atoms with E-state index in [1.165, 1.54) is 0 Å². The average Bonchev–Trinajstić information content (AvgIpc) is 3.05. The quantitative estimate of drug-likeness (QED) is 0.0479. The lowest BCUT2D eigenvalue weighted by Crippen LogP contribution is -2.43. The first kappa shape index (κ1) is 48.2. The molecule has 0 heterocycles. The van der Waals surface area contributed by atoms with Gasteiger partial charge in [0, 0.05) is 58.5 Å². The van der Waals surface area contributed by atoms with Crippen LogP contribution in [0.5, 0.6) is 0 Å². The molecule has 0 aromatic heterocycles. The molecule has 0 aromatic rings. The molecule has 0 rings (SSSR count). The molecule has 1 atom stereocenters. The Labute approximate surface area is 307 Å². The van der Waals surface area contributed by atoms with Crippen molar-refractivity contribution in [3.8, 4) is 0 Å². The van der Waals surface area contributed by atoms with Crippen LogP contribution in [-0.2, 0) is 47.8 Å². The molecule has 0 spiro atoms. The van der Waals surface area contributed by atoms with Crippen molar-refractivity contribution in [2.45, 2.75) is 105 Å². The molecule has 0 saturated heterocycles. The summed E-state index contributed by atoms with van der Waals surface area (Å²) in [6, 6.07) is -1.23. The maximum atomic E-state index is 12.6. The van der Waals surface area contributed by atoms with Crippen molar-refractivity contribution in [2.75, 3.05) is 65.8 Å². The van der Waals surface area contributed by atoms with Gasteiger partial charge in [-0.2, -0.15) is 0 Å². The summed E-state index contributed by atoms with van der Waals surface area (Å²) in [6.45, 7) is 11.7. The lowest BCUT2D eigenvalue weighted by atomic mass is 9.76. The SMILES string of the molecule is CCC(=O)NCCNC(=O)CCCCOCCNC(=O)COCCOCCNC(=O)CCC(NC(=O)CC(C)(C)CCC(C)(C)CC(=O)O)C(=O)O. The average molecular weight is 746 g/mol. The minimum Gasteiger partial charge on any atom is -0.481 e. The van der Waals surface area contributed by atoms with E-state index in [1.807, 2.05) is 27.7 Å². The standard InChI is InChI=1S/C35H63N5O12/c1-6-27(41)36-14-15-37-28(42)9-7-8-18-50-19-17-39-31(45)25-52-22-21-51-20-16-38-29(43)11-10-26(33(48)49)40-30(44)23-34(2,3)12-13-35(4,5)24-32(46)47/h26H,6-25H2,1-5H3,(H,36,41)(H,37,42)(H,38,43)(H,39,45)(H,40,44)(H,46,47)(H,48,49). The van der Waals surface area contributed by atoms with Gasteiger partial charge in [-0.15, -0.1) is 0 Å². The number of unbranched alkanes of at least 4 members (excludes halogenated alkanes) is 1. The largest absolute Gasteiger partial charge is 0.481 e. The second-order valence-corrected chi connectivity index (χ2v) is 14.1. The van der Waals surface area contributed by atoms with Gasteiger partial charge in [0.1, 0.15) is 12.6 Å². The van der Waals surface area contributed by atoms with E-state index in [1.54, 1.807) is 6.92 Å². The highest BCUT2D eigenvalue weighted by atomic mass is 16.5. The molecule has 300 valence electrons. The molecule has 0 radical (unpaired) electrons. The van der Waals surface area contributed by atoms with Gasteiger partial charge in [-0.25, -0.2) is 4.79 Å². The van der Waals surface area contributed by atoms with Gasteiger partial charge in [0.25, 0.3) is 0 Å². The third-order valence-electron chi connectivity index (χ3n) is 7.82. The first-order chi connectivity index (χ1) is 24.5. The van der Waals surface area contributed by atoms with Crippen LogP contribution >= 0.6 is 0 Å². The number of ether oxygens (including phenoxy) is 3. The van der Waals surface area contributed by atoms with Gasteiger partial charge in [0.2, 0.25) is 29.5 Å². The van der Waals surface area contributed by atoms with Crippen LogP contribution < -0.4 is 26.6 Å². The summed E-state index contributed by atoms with van der Waals surface area (Å²) in [6.07, 6.45) is 3.18. The zero-order valence-corrected chi connectivity index (χ0v) is 31.7. The second kappa shape index (κ2) is 27.8. The fourth-order valence-electron chi connectivity index (χ4n) is 4.73. The Morgan fingerprint density at radius 2 is 1.10 bits per heavy atom. The van der Waals surface area contributed by atoms with Crippen molar-refractivity contribution in [1.29, 1.82) is 0 Å². The Kier molecular flexibility index (Phi) is 25.7. The lowest BCUT2D eigenvalue weighted by Gasteiger charge is -2.30. The van der Waals surface area contributed by atoms with E-state index in [0.717, 1.165) is 0 Å². The molecular weight excluding hydrogens is 682 g/mol. The Morgan fingerprint density at radius 3 is 1.69 bits per heavy atom. The van der Waals surface area contributed by atoms with Crippen LogP contribution in [0.4, 0.5) is 0 Å². The van der Waals surface area contributed by atoms with E-state index in [9.17, 15) is 38.7 Å². The molecule has 52 heavy (non-hydrogen) atoms. The van der Waals surface area contributed by atoms with E-state index >= 15 is 0 Å². The minimum atomic E-state index is -1.24. The summed E-state index contributed by atoms with van der Waals surface area (Å²) in [5.74, 6) is -3.42. The number of carbonyl (C=O) groups excluding carboxylic acids is 5. The lowest BCUT2D eigenvalue weighted by molar-refractivity contribution is -0.142. The van der Waals surface area contributed by atoms with Crippen LogP contribution in [0.15, 0.2) is 0 Å². The maximum Gasteiger partial charge on any atom is 0.326 e. The van der Waals surface area contributed by atoms with Crippen molar-refractivity contribution < 1.29 is 58.0 Å². The third kappa shape index (κ3) is 28.8. The number of rotatable bonds is 32. The molecule has 7 N–H and O–H groups in total. The van der Waals surface area contributed by atoms with Gasteiger partial charge in [-0.05, 0) is 42.9 Å². The minimum absolute atomic E-state index is 0.0111. The number of nitrogens with one attached hydrogen (secondary N) is 5.